The van der Waals surface area contributed by atoms with Crippen LogP contribution in [0.5, 0.6) is 5.75 Å². The quantitative estimate of drug-likeness (QED) is 0.633. The lowest BCUT2D eigenvalue weighted by molar-refractivity contribution is -0.0984. The summed E-state index contributed by atoms with van der Waals surface area (Å²) in [5, 5.41) is 21.4. The van der Waals surface area contributed by atoms with Crippen LogP contribution in [0, 0.1) is 5.92 Å². The molecular formula is C23H36O4. The van der Waals surface area contributed by atoms with Gasteiger partial charge in [0.05, 0.1) is 31.5 Å². The van der Waals surface area contributed by atoms with Crippen LogP contribution < -0.4 is 4.74 Å². The van der Waals surface area contributed by atoms with Crippen molar-refractivity contribution in [1.29, 1.82) is 0 Å². The first-order chi connectivity index (χ1) is 12.8. The van der Waals surface area contributed by atoms with Crippen molar-refractivity contribution in [2.75, 3.05) is 7.11 Å². The van der Waals surface area contributed by atoms with Gasteiger partial charge in [0.2, 0.25) is 0 Å². The van der Waals surface area contributed by atoms with Gasteiger partial charge in [-0.2, -0.15) is 0 Å². The summed E-state index contributed by atoms with van der Waals surface area (Å²) in [4.78, 5) is 0. The van der Waals surface area contributed by atoms with Gasteiger partial charge in [0.1, 0.15) is 5.75 Å². The van der Waals surface area contributed by atoms with E-state index in [1.165, 1.54) is 0 Å². The predicted molar refractivity (Wildman–Crippen MR) is 109 cm³/mol. The smallest absolute Gasteiger partial charge is 0.118 e. The van der Waals surface area contributed by atoms with Crippen LogP contribution in [0.3, 0.4) is 0 Å². The second-order valence-electron chi connectivity index (χ2n) is 8.47. The zero-order valence-electron chi connectivity index (χ0n) is 17.2. The van der Waals surface area contributed by atoms with E-state index in [4.69, 9.17) is 9.47 Å². The average Bonchev–Trinajstić information content (AvgIpc) is 2.64. The third kappa shape index (κ3) is 5.81. The van der Waals surface area contributed by atoms with Crippen LogP contribution in [0.4, 0.5) is 0 Å². The van der Waals surface area contributed by atoms with Gasteiger partial charge in [0.25, 0.3) is 0 Å². The lowest BCUT2D eigenvalue weighted by Gasteiger charge is -2.37. The van der Waals surface area contributed by atoms with Crippen molar-refractivity contribution in [3.05, 3.63) is 42.5 Å². The minimum atomic E-state index is -0.649. The number of aliphatic hydroxyl groups excluding tert-OH is 2. The normalized spacial score (nSPS) is 25.6. The second-order valence-corrected chi connectivity index (χ2v) is 8.47. The summed E-state index contributed by atoms with van der Waals surface area (Å²) in [6, 6.07) is 7.75. The molecule has 4 heteroatoms. The molecular weight excluding hydrogens is 340 g/mol. The first-order valence-electron chi connectivity index (χ1n) is 10.0. The van der Waals surface area contributed by atoms with Crippen LogP contribution in [0.15, 0.2) is 36.9 Å². The summed E-state index contributed by atoms with van der Waals surface area (Å²) in [6.07, 6.45) is 4.80. The van der Waals surface area contributed by atoms with Crippen LogP contribution in [-0.4, -0.2) is 41.7 Å². The standard InChI is InChI=1S/C23H36O4/c1-6-7-20-11-8-16(2)21(27-20)14-18(24)15-22(25)23(3,4)17-9-12-19(26-5)13-10-17/h6,9-10,12-13,16,18,20-22,24-25H,1,7-8,11,14-15H2,2-5H3/t16-,18+,20+,21+,22+/m0/s1. The zero-order valence-corrected chi connectivity index (χ0v) is 17.2. The van der Waals surface area contributed by atoms with Crippen molar-refractivity contribution < 1.29 is 19.7 Å². The first-order valence-corrected chi connectivity index (χ1v) is 10.0. The summed E-state index contributed by atoms with van der Waals surface area (Å²) < 4.78 is 11.4. The van der Waals surface area contributed by atoms with Crippen molar-refractivity contribution in [3.63, 3.8) is 0 Å². The van der Waals surface area contributed by atoms with E-state index in [1.807, 2.05) is 44.2 Å². The number of aliphatic hydroxyl groups is 2. The number of methoxy groups -OCH3 is 1. The SMILES string of the molecule is C=CC[C@@H]1CC[C@H](C)[C@@H](C[C@@H](O)C[C@@H](O)C(C)(C)c2ccc(OC)cc2)O1. The number of hydrogen-bond donors (Lipinski definition) is 2. The van der Waals surface area contributed by atoms with E-state index in [2.05, 4.69) is 13.5 Å². The highest BCUT2D eigenvalue weighted by Gasteiger charge is 2.34. The molecule has 0 spiro atoms. The molecule has 0 saturated carbocycles. The van der Waals surface area contributed by atoms with E-state index in [0.29, 0.717) is 18.8 Å². The van der Waals surface area contributed by atoms with Crippen LogP contribution in [-0.2, 0) is 10.2 Å². The van der Waals surface area contributed by atoms with E-state index in [-0.39, 0.29) is 12.2 Å². The van der Waals surface area contributed by atoms with Gasteiger partial charge < -0.3 is 19.7 Å². The molecule has 1 aliphatic heterocycles. The van der Waals surface area contributed by atoms with Crippen LogP contribution in [0.1, 0.15) is 58.4 Å². The van der Waals surface area contributed by atoms with Gasteiger partial charge >= 0.3 is 0 Å². The number of ether oxygens (including phenoxy) is 2. The summed E-state index contributed by atoms with van der Waals surface area (Å²) in [5.74, 6) is 1.22. The molecule has 2 N–H and O–H groups in total. The highest BCUT2D eigenvalue weighted by Crippen LogP contribution is 2.33. The molecule has 27 heavy (non-hydrogen) atoms. The third-order valence-electron chi connectivity index (χ3n) is 6.04. The van der Waals surface area contributed by atoms with Crippen LogP contribution in [0.25, 0.3) is 0 Å². The van der Waals surface area contributed by atoms with Crippen LogP contribution >= 0.6 is 0 Å². The molecule has 5 atom stereocenters. The second kappa shape index (κ2) is 9.72. The highest BCUT2D eigenvalue weighted by molar-refractivity contribution is 5.32. The zero-order chi connectivity index (χ0) is 20.0. The van der Waals surface area contributed by atoms with Gasteiger partial charge in [-0.15, -0.1) is 6.58 Å². The minimum absolute atomic E-state index is 0.0370. The summed E-state index contributed by atoms with van der Waals surface area (Å²) in [7, 11) is 1.64. The molecule has 2 rings (SSSR count). The Kier molecular flexibility index (Phi) is 7.90. The molecule has 4 nitrogen and oxygen atoms in total. The van der Waals surface area contributed by atoms with Crippen molar-refractivity contribution in [2.45, 2.75) is 82.7 Å². The fraction of sp³-hybridized carbons (Fsp3) is 0.652. The molecule has 0 radical (unpaired) electrons. The molecule has 0 unspecified atom stereocenters. The van der Waals surface area contributed by atoms with Crippen molar-refractivity contribution in [3.8, 4) is 5.75 Å². The molecule has 1 fully saturated rings. The molecule has 1 aromatic carbocycles. The largest absolute Gasteiger partial charge is 0.497 e. The Morgan fingerprint density at radius 1 is 1.26 bits per heavy atom. The van der Waals surface area contributed by atoms with E-state index < -0.39 is 17.6 Å². The highest BCUT2D eigenvalue weighted by atomic mass is 16.5. The van der Waals surface area contributed by atoms with E-state index in [9.17, 15) is 10.2 Å². The molecule has 152 valence electrons. The van der Waals surface area contributed by atoms with Gasteiger partial charge in [-0.3, -0.25) is 0 Å². The number of hydrogen-bond acceptors (Lipinski definition) is 4. The molecule has 0 aliphatic carbocycles. The maximum atomic E-state index is 10.8. The Hall–Kier alpha value is -1.36. The van der Waals surface area contributed by atoms with Crippen molar-refractivity contribution >= 4 is 0 Å². The lowest BCUT2D eigenvalue weighted by Crippen LogP contribution is -2.40. The Morgan fingerprint density at radius 2 is 1.93 bits per heavy atom. The molecule has 0 amide bonds. The third-order valence-corrected chi connectivity index (χ3v) is 6.04. The van der Waals surface area contributed by atoms with Crippen molar-refractivity contribution in [2.24, 2.45) is 5.92 Å². The number of rotatable bonds is 9. The van der Waals surface area contributed by atoms with Crippen LogP contribution in [0.2, 0.25) is 0 Å². The molecule has 1 saturated heterocycles. The van der Waals surface area contributed by atoms with Crippen molar-refractivity contribution in [1.82, 2.24) is 0 Å². The Labute approximate surface area is 164 Å². The summed E-state index contributed by atoms with van der Waals surface area (Å²) in [6.45, 7) is 9.99. The Bertz CT molecular complexity index is 581. The fourth-order valence-electron chi connectivity index (χ4n) is 3.86. The first kappa shape index (κ1) is 21.9. The lowest BCUT2D eigenvalue weighted by atomic mass is 9.76. The maximum Gasteiger partial charge on any atom is 0.118 e. The van der Waals surface area contributed by atoms with Gasteiger partial charge in [-0.05, 0) is 49.3 Å². The van der Waals surface area contributed by atoms with E-state index in [1.54, 1.807) is 7.11 Å². The molecule has 0 bridgehead atoms. The number of benzene rings is 1. The topological polar surface area (TPSA) is 58.9 Å². The molecule has 1 heterocycles. The van der Waals surface area contributed by atoms with Gasteiger partial charge in [-0.25, -0.2) is 0 Å². The van der Waals surface area contributed by atoms with Gasteiger partial charge in [0, 0.05) is 11.8 Å². The van der Waals surface area contributed by atoms with E-state index in [0.717, 1.165) is 30.6 Å². The average molecular weight is 377 g/mol. The van der Waals surface area contributed by atoms with Gasteiger partial charge in [-0.1, -0.05) is 39.0 Å². The Balaban J connectivity index is 1.94. The Morgan fingerprint density at radius 3 is 2.52 bits per heavy atom. The summed E-state index contributed by atoms with van der Waals surface area (Å²) >= 11 is 0. The minimum Gasteiger partial charge on any atom is -0.497 e. The molecule has 0 aromatic heterocycles. The van der Waals surface area contributed by atoms with Gasteiger partial charge in [0.15, 0.2) is 0 Å². The molecule has 1 aliphatic rings. The molecule has 1 aromatic rings. The maximum absolute atomic E-state index is 10.8. The monoisotopic (exact) mass is 376 g/mol. The van der Waals surface area contributed by atoms with E-state index >= 15 is 0 Å². The fourth-order valence-corrected chi connectivity index (χ4v) is 3.86. The predicted octanol–water partition coefficient (Wildman–Crippen LogP) is 4.23. The summed E-state index contributed by atoms with van der Waals surface area (Å²) in [5.41, 5.74) is 0.564.